The average Bonchev–Trinajstić information content (AvgIpc) is 2.41. The number of alkyl halides is 3. The van der Waals surface area contributed by atoms with Crippen LogP contribution in [-0.4, -0.2) is 16.5 Å². The summed E-state index contributed by atoms with van der Waals surface area (Å²) in [5.74, 6) is -1.60. The third kappa shape index (κ3) is 4.11. The van der Waals surface area contributed by atoms with Gasteiger partial charge in [0.05, 0.1) is 0 Å². The van der Waals surface area contributed by atoms with Crippen molar-refractivity contribution >= 4 is 5.95 Å². The van der Waals surface area contributed by atoms with E-state index >= 15 is 0 Å². The minimum absolute atomic E-state index is 0.115. The van der Waals surface area contributed by atoms with Crippen molar-refractivity contribution in [1.29, 1.82) is 0 Å². The lowest BCUT2D eigenvalue weighted by Crippen LogP contribution is -2.13. The number of hydrogen-bond donors (Lipinski definition) is 1. The van der Waals surface area contributed by atoms with Crippen molar-refractivity contribution in [3.05, 3.63) is 53.4 Å². The van der Waals surface area contributed by atoms with Crippen molar-refractivity contribution in [2.24, 2.45) is 0 Å². The molecular formula is C13H10F5N3. The van der Waals surface area contributed by atoms with Gasteiger partial charge in [-0.15, -0.1) is 0 Å². The summed E-state index contributed by atoms with van der Waals surface area (Å²) in [6.45, 7) is 0.115. The van der Waals surface area contributed by atoms with E-state index in [0.717, 1.165) is 24.4 Å². The highest BCUT2D eigenvalue weighted by atomic mass is 19.4. The van der Waals surface area contributed by atoms with Gasteiger partial charge in [0.25, 0.3) is 0 Å². The predicted octanol–water partition coefficient (Wildman–Crippen LogP) is 3.43. The second-order valence-corrected chi connectivity index (χ2v) is 4.18. The Morgan fingerprint density at radius 3 is 2.52 bits per heavy atom. The Labute approximate surface area is 116 Å². The number of nitrogens with zero attached hydrogens (tertiary/aromatic N) is 2. The van der Waals surface area contributed by atoms with E-state index in [4.69, 9.17) is 0 Å². The number of anilines is 1. The van der Waals surface area contributed by atoms with E-state index in [-0.39, 0.29) is 24.5 Å². The van der Waals surface area contributed by atoms with E-state index in [0.29, 0.717) is 0 Å². The molecule has 0 saturated carbocycles. The summed E-state index contributed by atoms with van der Waals surface area (Å²) in [5.41, 5.74) is -0.816. The largest absolute Gasteiger partial charge is 0.433 e. The molecule has 1 heterocycles. The van der Waals surface area contributed by atoms with Gasteiger partial charge >= 0.3 is 6.18 Å². The van der Waals surface area contributed by atoms with Crippen molar-refractivity contribution in [2.45, 2.75) is 12.6 Å². The minimum atomic E-state index is -4.55. The first kappa shape index (κ1) is 15.1. The zero-order valence-corrected chi connectivity index (χ0v) is 10.6. The van der Waals surface area contributed by atoms with Crippen LogP contribution < -0.4 is 5.32 Å². The molecule has 0 aliphatic carbocycles. The summed E-state index contributed by atoms with van der Waals surface area (Å²) in [6.07, 6.45) is -3.41. The number of nitrogens with one attached hydrogen (secondary N) is 1. The lowest BCUT2D eigenvalue weighted by Gasteiger charge is -2.09. The van der Waals surface area contributed by atoms with Crippen LogP contribution in [-0.2, 0) is 12.6 Å². The maximum absolute atomic E-state index is 13.3. The van der Waals surface area contributed by atoms with Crippen molar-refractivity contribution < 1.29 is 22.0 Å². The van der Waals surface area contributed by atoms with Gasteiger partial charge in [0.15, 0.2) is 0 Å². The molecule has 0 fully saturated rings. The Hall–Kier alpha value is -2.25. The molecule has 21 heavy (non-hydrogen) atoms. The predicted molar refractivity (Wildman–Crippen MR) is 65.6 cm³/mol. The highest BCUT2D eigenvalue weighted by Crippen LogP contribution is 2.27. The van der Waals surface area contributed by atoms with Crippen LogP contribution in [0.5, 0.6) is 0 Å². The van der Waals surface area contributed by atoms with Crippen LogP contribution in [0.2, 0.25) is 0 Å². The van der Waals surface area contributed by atoms with Gasteiger partial charge in [0.1, 0.15) is 17.3 Å². The van der Waals surface area contributed by atoms with Crippen LogP contribution in [0.25, 0.3) is 0 Å². The third-order valence-electron chi connectivity index (χ3n) is 2.64. The van der Waals surface area contributed by atoms with Crippen molar-refractivity contribution in [2.75, 3.05) is 11.9 Å². The second kappa shape index (κ2) is 6.02. The van der Waals surface area contributed by atoms with E-state index in [1.165, 1.54) is 6.07 Å². The smallest absolute Gasteiger partial charge is 0.354 e. The molecule has 1 N–H and O–H groups in total. The molecule has 0 spiro atoms. The molecule has 0 amide bonds. The van der Waals surface area contributed by atoms with E-state index in [1.54, 1.807) is 0 Å². The number of halogens is 5. The fourth-order valence-electron chi connectivity index (χ4n) is 1.64. The summed E-state index contributed by atoms with van der Waals surface area (Å²) < 4.78 is 63.4. The maximum atomic E-state index is 13.3. The number of rotatable bonds is 4. The number of aromatic nitrogens is 2. The fourth-order valence-corrected chi connectivity index (χ4v) is 1.64. The van der Waals surface area contributed by atoms with Crippen LogP contribution in [0.15, 0.2) is 30.5 Å². The van der Waals surface area contributed by atoms with E-state index in [2.05, 4.69) is 15.3 Å². The Morgan fingerprint density at radius 2 is 1.86 bits per heavy atom. The molecule has 0 aliphatic heterocycles. The molecule has 1 aromatic carbocycles. The molecule has 2 rings (SSSR count). The Balaban J connectivity index is 1.97. The van der Waals surface area contributed by atoms with E-state index in [1.807, 2.05) is 0 Å². The van der Waals surface area contributed by atoms with E-state index in [9.17, 15) is 22.0 Å². The lowest BCUT2D eigenvalue weighted by molar-refractivity contribution is -0.141. The Morgan fingerprint density at radius 1 is 1.10 bits per heavy atom. The summed E-state index contributed by atoms with van der Waals surface area (Å²) in [6, 6.07) is 3.89. The highest BCUT2D eigenvalue weighted by molar-refractivity contribution is 5.27. The standard InChI is InChI=1S/C13H10F5N3/c14-9-2-1-8(10(15)7-9)3-5-19-12-20-6-4-11(21-12)13(16,17)18/h1-2,4,6-7H,3,5H2,(H,19,20,21). The van der Waals surface area contributed by atoms with Gasteiger partial charge < -0.3 is 5.32 Å². The van der Waals surface area contributed by atoms with Gasteiger partial charge in [-0.2, -0.15) is 13.2 Å². The molecule has 112 valence electrons. The molecule has 0 bridgehead atoms. The number of benzene rings is 1. The zero-order chi connectivity index (χ0) is 15.5. The first-order chi connectivity index (χ1) is 9.86. The van der Waals surface area contributed by atoms with Crippen molar-refractivity contribution in [3.8, 4) is 0 Å². The van der Waals surface area contributed by atoms with Crippen LogP contribution in [0.4, 0.5) is 27.9 Å². The van der Waals surface area contributed by atoms with Gasteiger partial charge in [0.2, 0.25) is 5.95 Å². The minimum Gasteiger partial charge on any atom is -0.354 e. The monoisotopic (exact) mass is 303 g/mol. The lowest BCUT2D eigenvalue weighted by atomic mass is 10.1. The second-order valence-electron chi connectivity index (χ2n) is 4.18. The van der Waals surface area contributed by atoms with Crippen molar-refractivity contribution in [1.82, 2.24) is 9.97 Å². The normalized spacial score (nSPS) is 11.5. The molecular weight excluding hydrogens is 293 g/mol. The van der Waals surface area contributed by atoms with E-state index < -0.39 is 23.5 Å². The van der Waals surface area contributed by atoms with Crippen molar-refractivity contribution in [3.63, 3.8) is 0 Å². The van der Waals surface area contributed by atoms with Gasteiger partial charge in [-0.25, -0.2) is 18.7 Å². The van der Waals surface area contributed by atoms with Crippen LogP contribution >= 0.6 is 0 Å². The first-order valence-corrected chi connectivity index (χ1v) is 5.94. The molecule has 3 nitrogen and oxygen atoms in total. The van der Waals surface area contributed by atoms with Gasteiger partial charge in [-0.3, -0.25) is 0 Å². The highest BCUT2D eigenvalue weighted by Gasteiger charge is 2.32. The SMILES string of the molecule is Fc1ccc(CCNc2nccc(C(F)(F)F)n2)c(F)c1. The van der Waals surface area contributed by atoms with Gasteiger partial charge in [-0.05, 0) is 24.1 Å². The molecule has 0 atom stereocenters. The van der Waals surface area contributed by atoms with Crippen LogP contribution in [0.3, 0.4) is 0 Å². The summed E-state index contributed by atoms with van der Waals surface area (Å²) >= 11 is 0. The summed E-state index contributed by atoms with van der Waals surface area (Å²) in [7, 11) is 0. The summed E-state index contributed by atoms with van der Waals surface area (Å²) in [5, 5.41) is 2.56. The molecule has 0 unspecified atom stereocenters. The fraction of sp³-hybridized carbons (Fsp3) is 0.231. The van der Waals surface area contributed by atoms with Gasteiger partial charge in [-0.1, -0.05) is 6.07 Å². The third-order valence-corrected chi connectivity index (χ3v) is 2.64. The summed E-state index contributed by atoms with van der Waals surface area (Å²) in [4.78, 5) is 6.96. The molecule has 8 heteroatoms. The first-order valence-electron chi connectivity index (χ1n) is 5.94. The maximum Gasteiger partial charge on any atom is 0.433 e. The molecule has 2 aromatic rings. The molecule has 1 aromatic heterocycles. The van der Waals surface area contributed by atoms with Crippen LogP contribution in [0, 0.1) is 11.6 Å². The average molecular weight is 303 g/mol. The Kier molecular flexibility index (Phi) is 4.35. The topological polar surface area (TPSA) is 37.8 Å². The Bertz CT molecular complexity index is 627. The van der Waals surface area contributed by atoms with Crippen LogP contribution in [0.1, 0.15) is 11.3 Å². The number of hydrogen-bond acceptors (Lipinski definition) is 3. The zero-order valence-electron chi connectivity index (χ0n) is 10.6. The molecule has 0 radical (unpaired) electrons. The van der Waals surface area contributed by atoms with Gasteiger partial charge in [0, 0.05) is 18.8 Å². The quantitative estimate of drug-likeness (QED) is 0.879. The molecule has 0 saturated heterocycles. The molecule has 0 aliphatic rings.